The van der Waals surface area contributed by atoms with Crippen LogP contribution in [0.2, 0.25) is 0 Å². The summed E-state index contributed by atoms with van der Waals surface area (Å²) in [7, 11) is 1.61. The van der Waals surface area contributed by atoms with E-state index in [1.807, 2.05) is 54.6 Å². The highest BCUT2D eigenvalue weighted by molar-refractivity contribution is 8.13. The van der Waals surface area contributed by atoms with E-state index >= 15 is 0 Å². The number of ether oxygens (including phenoxy) is 2. The molecule has 5 heteroatoms. The second-order valence-electron chi connectivity index (χ2n) is 4.12. The molecule has 0 spiro atoms. The number of hydrogen-bond acceptors (Lipinski definition) is 4. The van der Waals surface area contributed by atoms with Gasteiger partial charge in [0.15, 0.2) is 0 Å². The summed E-state index contributed by atoms with van der Waals surface area (Å²) in [6, 6.07) is 17.0. The van der Waals surface area contributed by atoms with Crippen LogP contribution in [0.4, 0.5) is 4.79 Å². The Hall–Kier alpha value is -2.14. The number of benzene rings is 2. The standard InChI is InChI=1S/C16H17NO3S/c1-17-16(18)21-12-11-19-13-7-9-15(10-8-13)20-14-5-3-2-4-6-14/h2-10H,11-12H2,1H3,(H,17,18). The number of thioether (sulfide) groups is 1. The van der Waals surface area contributed by atoms with Crippen molar-refractivity contribution in [3.8, 4) is 17.2 Å². The monoisotopic (exact) mass is 303 g/mol. The highest BCUT2D eigenvalue weighted by atomic mass is 32.2. The molecule has 0 aliphatic heterocycles. The van der Waals surface area contributed by atoms with Gasteiger partial charge in [-0.2, -0.15) is 0 Å². The van der Waals surface area contributed by atoms with Gasteiger partial charge < -0.3 is 14.8 Å². The molecule has 2 aromatic rings. The van der Waals surface area contributed by atoms with Crippen LogP contribution in [0.1, 0.15) is 0 Å². The summed E-state index contributed by atoms with van der Waals surface area (Å²) in [5.74, 6) is 2.93. The van der Waals surface area contributed by atoms with E-state index < -0.39 is 0 Å². The summed E-state index contributed by atoms with van der Waals surface area (Å²) in [4.78, 5) is 11.0. The molecule has 1 N–H and O–H groups in total. The van der Waals surface area contributed by atoms with E-state index in [4.69, 9.17) is 9.47 Å². The molecule has 110 valence electrons. The molecule has 0 heterocycles. The Morgan fingerprint density at radius 3 is 2.29 bits per heavy atom. The number of amides is 1. The Labute approximate surface area is 128 Å². The first-order valence-electron chi connectivity index (χ1n) is 6.58. The van der Waals surface area contributed by atoms with E-state index in [0.29, 0.717) is 12.4 Å². The summed E-state index contributed by atoms with van der Waals surface area (Å²) in [5, 5.41) is 2.50. The molecule has 21 heavy (non-hydrogen) atoms. The van der Waals surface area contributed by atoms with Crippen LogP contribution < -0.4 is 14.8 Å². The number of hydrogen-bond donors (Lipinski definition) is 1. The number of nitrogens with one attached hydrogen (secondary N) is 1. The lowest BCUT2D eigenvalue weighted by Gasteiger charge is -2.08. The van der Waals surface area contributed by atoms with Gasteiger partial charge in [0.25, 0.3) is 5.24 Å². The minimum Gasteiger partial charge on any atom is -0.493 e. The molecule has 2 rings (SSSR count). The van der Waals surface area contributed by atoms with Crippen LogP contribution >= 0.6 is 11.8 Å². The molecular formula is C16H17NO3S. The molecule has 0 aromatic heterocycles. The molecule has 0 saturated heterocycles. The molecule has 0 unspecified atom stereocenters. The SMILES string of the molecule is CNC(=O)SCCOc1ccc(Oc2ccccc2)cc1. The van der Waals surface area contributed by atoms with Crippen LogP contribution in [0.15, 0.2) is 54.6 Å². The summed E-state index contributed by atoms with van der Waals surface area (Å²) in [6.45, 7) is 0.483. The van der Waals surface area contributed by atoms with Crippen molar-refractivity contribution in [2.75, 3.05) is 19.4 Å². The van der Waals surface area contributed by atoms with Crippen molar-refractivity contribution < 1.29 is 14.3 Å². The van der Waals surface area contributed by atoms with Gasteiger partial charge in [-0.1, -0.05) is 30.0 Å². The van der Waals surface area contributed by atoms with E-state index in [1.165, 1.54) is 11.8 Å². The highest BCUT2D eigenvalue weighted by Crippen LogP contribution is 2.23. The summed E-state index contributed by atoms with van der Waals surface area (Å²) in [5.41, 5.74) is 0. The average molecular weight is 303 g/mol. The molecule has 0 atom stereocenters. The van der Waals surface area contributed by atoms with Crippen molar-refractivity contribution in [1.29, 1.82) is 0 Å². The lowest BCUT2D eigenvalue weighted by Crippen LogP contribution is -2.13. The molecule has 0 radical (unpaired) electrons. The fourth-order valence-corrected chi connectivity index (χ4v) is 2.09. The third-order valence-corrected chi connectivity index (χ3v) is 3.43. The molecule has 2 aromatic carbocycles. The maximum atomic E-state index is 11.0. The second kappa shape index (κ2) is 8.21. The van der Waals surface area contributed by atoms with Crippen LogP contribution in [0, 0.1) is 0 Å². The highest BCUT2D eigenvalue weighted by Gasteiger charge is 2.00. The molecular weight excluding hydrogens is 286 g/mol. The van der Waals surface area contributed by atoms with Gasteiger partial charge in [-0.15, -0.1) is 0 Å². The lowest BCUT2D eigenvalue weighted by atomic mass is 10.3. The summed E-state index contributed by atoms with van der Waals surface area (Å²) < 4.78 is 11.2. The lowest BCUT2D eigenvalue weighted by molar-refractivity contribution is 0.262. The predicted molar refractivity (Wildman–Crippen MR) is 85.4 cm³/mol. The van der Waals surface area contributed by atoms with E-state index in [-0.39, 0.29) is 5.24 Å². The van der Waals surface area contributed by atoms with Gasteiger partial charge >= 0.3 is 0 Å². The minimum atomic E-state index is -0.0507. The van der Waals surface area contributed by atoms with Crippen molar-refractivity contribution in [3.63, 3.8) is 0 Å². The second-order valence-corrected chi connectivity index (χ2v) is 5.19. The Bertz CT molecular complexity index is 557. The normalized spacial score (nSPS) is 9.95. The molecule has 0 saturated carbocycles. The van der Waals surface area contributed by atoms with Crippen molar-refractivity contribution >= 4 is 17.0 Å². The zero-order valence-electron chi connectivity index (χ0n) is 11.7. The topological polar surface area (TPSA) is 47.6 Å². The molecule has 0 aliphatic rings. The van der Waals surface area contributed by atoms with Crippen LogP contribution in [0.3, 0.4) is 0 Å². The Morgan fingerprint density at radius 2 is 1.62 bits per heavy atom. The maximum absolute atomic E-state index is 11.0. The van der Waals surface area contributed by atoms with Crippen molar-refractivity contribution in [2.45, 2.75) is 0 Å². The smallest absolute Gasteiger partial charge is 0.278 e. The third kappa shape index (κ3) is 5.39. The van der Waals surface area contributed by atoms with Gasteiger partial charge in [0, 0.05) is 12.8 Å². The number of carbonyl (C=O) groups is 1. The van der Waals surface area contributed by atoms with Crippen molar-refractivity contribution in [3.05, 3.63) is 54.6 Å². The average Bonchev–Trinajstić information content (AvgIpc) is 2.54. The van der Waals surface area contributed by atoms with Crippen LogP contribution in [0.5, 0.6) is 17.2 Å². The van der Waals surface area contributed by atoms with Gasteiger partial charge in [-0.3, -0.25) is 4.79 Å². The van der Waals surface area contributed by atoms with Crippen molar-refractivity contribution in [2.24, 2.45) is 0 Å². The van der Waals surface area contributed by atoms with E-state index in [9.17, 15) is 4.79 Å². The van der Waals surface area contributed by atoms with E-state index in [1.54, 1.807) is 7.05 Å². The van der Waals surface area contributed by atoms with Gasteiger partial charge in [-0.05, 0) is 36.4 Å². The van der Waals surface area contributed by atoms with Gasteiger partial charge in [-0.25, -0.2) is 0 Å². The quantitative estimate of drug-likeness (QED) is 0.821. The number of carbonyl (C=O) groups excluding carboxylic acids is 1. The first-order valence-corrected chi connectivity index (χ1v) is 7.57. The first kappa shape index (κ1) is 15.3. The number of rotatable bonds is 6. The van der Waals surface area contributed by atoms with Crippen LogP contribution in [0.25, 0.3) is 0 Å². The number of para-hydroxylation sites is 1. The largest absolute Gasteiger partial charge is 0.493 e. The Kier molecular flexibility index (Phi) is 5.97. The molecule has 0 bridgehead atoms. The summed E-state index contributed by atoms with van der Waals surface area (Å²) in [6.07, 6.45) is 0. The van der Waals surface area contributed by atoms with Gasteiger partial charge in [0.2, 0.25) is 0 Å². The molecule has 1 amide bonds. The minimum absolute atomic E-state index is 0.0507. The molecule has 0 fully saturated rings. The zero-order valence-corrected chi connectivity index (χ0v) is 12.6. The molecule has 4 nitrogen and oxygen atoms in total. The maximum Gasteiger partial charge on any atom is 0.278 e. The zero-order chi connectivity index (χ0) is 14.9. The fraction of sp³-hybridized carbons (Fsp3) is 0.188. The third-order valence-electron chi connectivity index (χ3n) is 2.59. The van der Waals surface area contributed by atoms with E-state index in [0.717, 1.165) is 17.2 Å². The van der Waals surface area contributed by atoms with Crippen molar-refractivity contribution in [1.82, 2.24) is 5.32 Å². The summed E-state index contributed by atoms with van der Waals surface area (Å²) >= 11 is 1.20. The molecule has 0 aliphatic carbocycles. The van der Waals surface area contributed by atoms with E-state index in [2.05, 4.69) is 5.32 Å². The van der Waals surface area contributed by atoms with Crippen LogP contribution in [-0.2, 0) is 0 Å². The Balaban J connectivity index is 1.78. The first-order chi connectivity index (χ1) is 10.3. The van der Waals surface area contributed by atoms with Gasteiger partial charge in [0.1, 0.15) is 17.2 Å². The van der Waals surface area contributed by atoms with Crippen LogP contribution in [-0.4, -0.2) is 24.6 Å². The predicted octanol–water partition coefficient (Wildman–Crippen LogP) is 3.93. The van der Waals surface area contributed by atoms with Gasteiger partial charge in [0.05, 0.1) is 6.61 Å². The fourth-order valence-electron chi connectivity index (χ4n) is 1.59. The Morgan fingerprint density at radius 1 is 1.00 bits per heavy atom.